The van der Waals surface area contributed by atoms with Crippen molar-refractivity contribution in [3.8, 4) is 5.75 Å². The molecule has 94 valence electrons. The topological polar surface area (TPSA) is 21.7 Å². The summed E-state index contributed by atoms with van der Waals surface area (Å²) in [4.78, 5) is 2.41. The fourth-order valence-corrected chi connectivity index (χ4v) is 1.96. The second-order valence-corrected chi connectivity index (χ2v) is 4.55. The standard InChI is InChI=1S/C13H18ClNO2/c14-12-2-4-13(5-3-12)17-9-1-6-15-7-10-16-11-8-15/h2-5H,1,6-11H2. The summed E-state index contributed by atoms with van der Waals surface area (Å²) in [6, 6.07) is 7.49. The van der Waals surface area contributed by atoms with E-state index in [1.165, 1.54) is 0 Å². The molecule has 1 aliphatic rings. The summed E-state index contributed by atoms with van der Waals surface area (Å²) in [6.07, 6.45) is 1.04. The van der Waals surface area contributed by atoms with Gasteiger partial charge in [-0.25, -0.2) is 0 Å². The molecular weight excluding hydrogens is 238 g/mol. The van der Waals surface area contributed by atoms with Gasteiger partial charge >= 0.3 is 0 Å². The lowest BCUT2D eigenvalue weighted by Crippen LogP contribution is -2.37. The van der Waals surface area contributed by atoms with E-state index in [1.54, 1.807) is 0 Å². The molecule has 0 spiro atoms. The summed E-state index contributed by atoms with van der Waals surface area (Å²) < 4.78 is 10.9. The van der Waals surface area contributed by atoms with E-state index in [2.05, 4.69) is 4.90 Å². The Morgan fingerprint density at radius 2 is 1.88 bits per heavy atom. The van der Waals surface area contributed by atoms with Crippen LogP contribution in [0.5, 0.6) is 5.75 Å². The Labute approximate surface area is 107 Å². The van der Waals surface area contributed by atoms with E-state index in [4.69, 9.17) is 21.1 Å². The van der Waals surface area contributed by atoms with Crippen molar-refractivity contribution in [2.24, 2.45) is 0 Å². The first-order valence-electron chi connectivity index (χ1n) is 6.03. The van der Waals surface area contributed by atoms with Gasteiger partial charge in [0.2, 0.25) is 0 Å². The normalized spacial score (nSPS) is 17.0. The maximum absolute atomic E-state index is 5.80. The van der Waals surface area contributed by atoms with Crippen LogP contribution < -0.4 is 4.74 Å². The van der Waals surface area contributed by atoms with Crippen LogP contribution in [0.3, 0.4) is 0 Å². The molecule has 1 aromatic rings. The van der Waals surface area contributed by atoms with Gasteiger partial charge in [-0.3, -0.25) is 4.90 Å². The van der Waals surface area contributed by atoms with E-state index < -0.39 is 0 Å². The van der Waals surface area contributed by atoms with Gasteiger partial charge in [0.1, 0.15) is 5.75 Å². The zero-order valence-corrected chi connectivity index (χ0v) is 10.7. The average Bonchev–Trinajstić information content (AvgIpc) is 2.38. The number of nitrogens with zero attached hydrogens (tertiary/aromatic N) is 1. The molecule has 0 amide bonds. The Kier molecular flexibility index (Phi) is 5.10. The van der Waals surface area contributed by atoms with Gasteiger partial charge in [0.05, 0.1) is 19.8 Å². The Morgan fingerprint density at radius 3 is 2.59 bits per heavy atom. The minimum Gasteiger partial charge on any atom is -0.494 e. The van der Waals surface area contributed by atoms with Crippen LogP contribution >= 0.6 is 11.6 Å². The molecule has 1 heterocycles. The summed E-state index contributed by atoms with van der Waals surface area (Å²) in [7, 11) is 0. The summed E-state index contributed by atoms with van der Waals surface area (Å²) in [6.45, 7) is 5.63. The van der Waals surface area contributed by atoms with Crippen LogP contribution in [0.15, 0.2) is 24.3 Å². The second-order valence-electron chi connectivity index (χ2n) is 4.11. The van der Waals surface area contributed by atoms with Crippen molar-refractivity contribution in [3.63, 3.8) is 0 Å². The van der Waals surface area contributed by atoms with Crippen LogP contribution in [-0.4, -0.2) is 44.4 Å². The van der Waals surface area contributed by atoms with Crippen LogP contribution in [0.2, 0.25) is 5.02 Å². The Balaban J connectivity index is 1.60. The SMILES string of the molecule is Clc1ccc(OCCCN2CCOCC2)cc1. The number of benzene rings is 1. The molecule has 0 saturated carbocycles. The van der Waals surface area contributed by atoms with Crippen molar-refractivity contribution in [3.05, 3.63) is 29.3 Å². The highest BCUT2D eigenvalue weighted by atomic mass is 35.5. The Morgan fingerprint density at radius 1 is 1.18 bits per heavy atom. The molecule has 0 aliphatic carbocycles. The fraction of sp³-hybridized carbons (Fsp3) is 0.538. The monoisotopic (exact) mass is 255 g/mol. The van der Waals surface area contributed by atoms with E-state index in [1.807, 2.05) is 24.3 Å². The number of hydrogen-bond donors (Lipinski definition) is 0. The van der Waals surface area contributed by atoms with Gasteiger partial charge in [-0.2, -0.15) is 0 Å². The van der Waals surface area contributed by atoms with Crippen LogP contribution in [-0.2, 0) is 4.74 Å². The lowest BCUT2D eigenvalue weighted by Gasteiger charge is -2.26. The van der Waals surface area contributed by atoms with Crippen molar-refractivity contribution < 1.29 is 9.47 Å². The van der Waals surface area contributed by atoms with Crippen LogP contribution in [0.4, 0.5) is 0 Å². The van der Waals surface area contributed by atoms with Crippen LogP contribution in [0.25, 0.3) is 0 Å². The zero-order chi connectivity index (χ0) is 11.9. The highest BCUT2D eigenvalue weighted by molar-refractivity contribution is 6.30. The predicted octanol–water partition coefficient (Wildman–Crippen LogP) is 2.44. The molecule has 0 unspecified atom stereocenters. The van der Waals surface area contributed by atoms with Crippen molar-refractivity contribution in [2.75, 3.05) is 39.5 Å². The molecule has 0 radical (unpaired) electrons. The molecule has 17 heavy (non-hydrogen) atoms. The summed E-state index contributed by atoms with van der Waals surface area (Å²) >= 11 is 5.80. The molecule has 4 heteroatoms. The molecule has 1 fully saturated rings. The lowest BCUT2D eigenvalue weighted by atomic mass is 10.3. The minimum absolute atomic E-state index is 0.741. The van der Waals surface area contributed by atoms with Gasteiger partial charge < -0.3 is 9.47 Å². The lowest BCUT2D eigenvalue weighted by molar-refractivity contribution is 0.0358. The van der Waals surface area contributed by atoms with Gasteiger partial charge in [-0.1, -0.05) is 11.6 Å². The van der Waals surface area contributed by atoms with Crippen molar-refractivity contribution >= 4 is 11.6 Å². The molecule has 0 aromatic heterocycles. The molecule has 2 rings (SSSR count). The number of ether oxygens (including phenoxy) is 2. The molecule has 3 nitrogen and oxygen atoms in total. The maximum atomic E-state index is 5.80. The van der Waals surface area contributed by atoms with Gasteiger partial charge in [-0.15, -0.1) is 0 Å². The number of rotatable bonds is 5. The highest BCUT2D eigenvalue weighted by Gasteiger charge is 2.09. The van der Waals surface area contributed by atoms with E-state index in [0.717, 1.165) is 56.6 Å². The molecular formula is C13H18ClNO2. The second kappa shape index (κ2) is 6.84. The fourth-order valence-electron chi connectivity index (χ4n) is 1.83. The molecule has 1 saturated heterocycles. The highest BCUT2D eigenvalue weighted by Crippen LogP contribution is 2.15. The summed E-state index contributed by atoms with van der Waals surface area (Å²) in [5, 5.41) is 0.741. The third-order valence-electron chi connectivity index (χ3n) is 2.80. The van der Waals surface area contributed by atoms with Gasteiger partial charge in [-0.05, 0) is 30.7 Å². The largest absolute Gasteiger partial charge is 0.494 e. The smallest absolute Gasteiger partial charge is 0.119 e. The molecule has 1 aromatic carbocycles. The molecule has 1 aliphatic heterocycles. The van der Waals surface area contributed by atoms with Crippen LogP contribution in [0.1, 0.15) is 6.42 Å². The van der Waals surface area contributed by atoms with Crippen molar-refractivity contribution in [2.45, 2.75) is 6.42 Å². The quantitative estimate of drug-likeness (QED) is 0.755. The number of hydrogen-bond acceptors (Lipinski definition) is 3. The average molecular weight is 256 g/mol. The first kappa shape index (κ1) is 12.7. The van der Waals surface area contributed by atoms with Crippen molar-refractivity contribution in [1.29, 1.82) is 0 Å². The van der Waals surface area contributed by atoms with E-state index in [0.29, 0.717) is 0 Å². The first-order chi connectivity index (χ1) is 8.34. The maximum Gasteiger partial charge on any atom is 0.119 e. The van der Waals surface area contributed by atoms with Gasteiger partial charge in [0.15, 0.2) is 0 Å². The minimum atomic E-state index is 0.741. The number of halogens is 1. The van der Waals surface area contributed by atoms with Gasteiger partial charge in [0.25, 0.3) is 0 Å². The predicted molar refractivity (Wildman–Crippen MR) is 68.8 cm³/mol. The summed E-state index contributed by atoms with van der Waals surface area (Å²) in [5.41, 5.74) is 0. The van der Waals surface area contributed by atoms with E-state index >= 15 is 0 Å². The summed E-state index contributed by atoms with van der Waals surface area (Å²) in [5.74, 6) is 0.886. The van der Waals surface area contributed by atoms with E-state index in [-0.39, 0.29) is 0 Å². The first-order valence-corrected chi connectivity index (χ1v) is 6.41. The third kappa shape index (κ3) is 4.54. The molecule has 0 atom stereocenters. The third-order valence-corrected chi connectivity index (χ3v) is 3.06. The van der Waals surface area contributed by atoms with Crippen molar-refractivity contribution in [1.82, 2.24) is 4.90 Å². The molecule has 0 N–H and O–H groups in total. The van der Waals surface area contributed by atoms with Gasteiger partial charge in [0, 0.05) is 24.7 Å². The Hall–Kier alpha value is -0.770. The Bertz CT molecular complexity index is 323. The number of morpholine rings is 1. The van der Waals surface area contributed by atoms with Crippen LogP contribution in [0, 0.1) is 0 Å². The zero-order valence-electron chi connectivity index (χ0n) is 9.90. The molecule has 0 bridgehead atoms. The van der Waals surface area contributed by atoms with E-state index in [9.17, 15) is 0 Å².